The molecule has 0 aromatic carbocycles. The fraction of sp³-hybridized carbons (Fsp3) is 0.455. The first-order valence-corrected chi connectivity index (χ1v) is 6.54. The van der Waals surface area contributed by atoms with Gasteiger partial charge in [0.2, 0.25) is 5.95 Å². The summed E-state index contributed by atoms with van der Waals surface area (Å²) >= 11 is 1.38. The average Bonchev–Trinajstić information content (AvgIpc) is 2.34. The van der Waals surface area contributed by atoms with Crippen molar-refractivity contribution in [2.75, 3.05) is 12.9 Å². The smallest absolute Gasteiger partial charge is 0.254 e. The number of aromatic nitrogens is 1. The van der Waals surface area contributed by atoms with Crippen LogP contribution in [0, 0.1) is 11.8 Å². The number of halogens is 2. The van der Waals surface area contributed by atoms with Crippen molar-refractivity contribution in [2.24, 2.45) is 0 Å². The van der Waals surface area contributed by atoms with Crippen LogP contribution in [0.15, 0.2) is 12.3 Å². The van der Waals surface area contributed by atoms with Gasteiger partial charge in [-0.15, -0.1) is 0 Å². The third kappa shape index (κ3) is 3.39. The van der Waals surface area contributed by atoms with Gasteiger partial charge in [-0.25, -0.2) is 9.37 Å². The Morgan fingerprint density at radius 3 is 2.83 bits per heavy atom. The minimum Gasteiger partial charge on any atom is -0.395 e. The van der Waals surface area contributed by atoms with E-state index in [1.54, 1.807) is 13.2 Å². The Labute approximate surface area is 108 Å². The molecule has 1 aromatic rings. The first-order valence-electron chi connectivity index (χ1n) is 5.25. The van der Waals surface area contributed by atoms with Crippen LogP contribution in [-0.2, 0) is 0 Å². The van der Waals surface area contributed by atoms with Crippen LogP contribution < -0.4 is 5.32 Å². The van der Waals surface area contributed by atoms with Gasteiger partial charge < -0.3 is 10.4 Å². The number of rotatable bonds is 5. The van der Waals surface area contributed by atoms with Crippen LogP contribution in [0.4, 0.5) is 8.78 Å². The quantitative estimate of drug-likeness (QED) is 0.793. The van der Waals surface area contributed by atoms with Gasteiger partial charge in [0.15, 0.2) is 5.82 Å². The second-order valence-electron chi connectivity index (χ2n) is 3.68. The van der Waals surface area contributed by atoms with E-state index in [-0.39, 0.29) is 17.9 Å². The highest BCUT2D eigenvalue weighted by Gasteiger charge is 2.21. The number of carbonyl (C=O) groups excluding carboxylic acids is 1. The standard InChI is InChI=1S/C11H14F2N2O2S/c1-6(8(5-16)18-2)15-11(17)7-3-4-14-10(13)9(7)12/h3-4,6,8,16H,5H2,1-2H3,(H,15,17). The van der Waals surface area contributed by atoms with Gasteiger partial charge >= 0.3 is 0 Å². The Morgan fingerprint density at radius 1 is 1.61 bits per heavy atom. The Morgan fingerprint density at radius 2 is 2.28 bits per heavy atom. The SMILES string of the molecule is CSC(CO)C(C)NC(=O)c1ccnc(F)c1F. The van der Waals surface area contributed by atoms with Crippen molar-refractivity contribution in [3.63, 3.8) is 0 Å². The van der Waals surface area contributed by atoms with E-state index in [1.165, 1.54) is 11.8 Å². The van der Waals surface area contributed by atoms with Crippen molar-refractivity contribution in [1.29, 1.82) is 0 Å². The molecule has 2 N–H and O–H groups in total. The molecule has 0 saturated heterocycles. The van der Waals surface area contributed by atoms with Crippen LogP contribution in [0.5, 0.6) is 0 Å². The van der Waals surface area contributed by atoms with E-state index in [0.29, 0.717) is 0 Å². The molecular weight excluding hydrogens is 262 g/mol. The van der Waals surface area contributed by atoms with Crippen molar-refractivity contribution in [3.8, 4) is 0 Å². The molecule has 0 aliphatic heterocycles. The van der Waals surface area contributed by atoms with Gasteiger partial charge in [0, 0.05) is 17.5 Å². The number of pyridine rings is 1. The lowest BCUT2D eigenvalue weighted by atomic mass is 10.2. The summed E-state index contributed by atoms with van der Waals surface area (Å²) in [6.07, 6.45) is 2.81. The average molecular weight is 276 g/mol. The summed E-state index contributed by atoms with van der Waals surface area (Å²) in [4.78, 5) is 14.8. The number of aliphatic hydroxyl groups excluding tert-OH is 1. The molecule has 1 rings (SSSR count). The van der Waals surface area contributed by atoms with Crippen LogP contribution in [0.1, 0.15) is 17.3 Å². The largest absolute Gasteiger partial charge is 0.395 e. The van der Waals surface area contributed by atoms with Crippen molar-refractivity contribution in [2.45, 2.75) is 18.2 Å². The normalized spacial score (nSPS) is 14.1. The second kappa shape index (κ2) is 6.65. The van der Waals surface area contributed by atoms with Crippen LogP contribution in [0.3, 0.4) is 0 Å². The molecule has 100 valence electrons. The molecule has 1 amide bonds. The van der Waals surface area contributed by atoms with Gasteiger partial charge in [0.25, 0.3) is 5.91 Å². The zero-order valence-corrected chi connectivity index (χ0v) is 10.8. The van der Waals surface area contributed by atoms with Gasteiger partial charge in [-0.1, -0.05) is 0 Å². The van der Waals surface area contributed by atoms with Crippen molar-refractivity contribution < 1.29 is 18.7 Å². The lowest BCUT2D eigenvalue weighted by Crippen LogP contribution is -2.41. The number of nitrogens with zero attached hydrogens (tertiary/aromatic N) is 1. The summed E-state index contributed by atoms with van der Waals surface area (Å²) in [5.74, 6) is -3.31. The Kier molecular flexibility index (Phi) is 5.49. The minimum atomic E-state index is -1.31. The molecule has 7 heteroatoms. The highest BCUT2D eigenvalue weighted by Crippen LogP contribution is 2.13. The molecule has 18 heavy (non-hydrogen) atoms. The van der Waals surface area contributed by atoms with Crippen molar-refractivity contribution in [1.82, 2.24) is 10.3 Å². The summed E-state index contributed by atoms with van der Waals surface area (Å²) in [6, 6.07) is 0.737. The van der Waals surface area contributed by atoms with Gasteiger partial charge in [-0.3, -0.25) is 4.79 Å². The Balaban J connectivity index is 2.79. The third-order valence-electron chi connectivity index (χ3n) is 2.49. The van der Waals surface area contributed by atoms with E-state index in [0.717, 1.165) is 12.3 Å². The predicted molar refractivity (Wildman–Crippen MR) is 65.5 cm³/mol. The highest BCUT2D eigenvalue weighted by molar-refractivity contribution is 7.99. The summed E-state index contributed by atoms with van der Waals surface area (Å²) in [5.41, 5.74) is -0.396. The van der Waals surface area contributed by atoms with Crippen molar-refractivity contribution in [3.05, 3.63) is 29.6 Å². The van der Waals surface area contributed by atoms with Crippen LogP contribution in [-0.4, -0.2) is 40.2 Å². The maximum atomic E-state index is 13.3. The zero-order chi connectivity index (χ0) is 13.7. The van der Waals surface area contributed by atoms with Gasteiger partial charge in [0.05, 0.1) is 12.2 Å². The van der Waals surface area contributed by atoms with Crippen LogP contribution >= 0.6 is 11.8 Å². The molecule has 0 aliphatic carbocycles. The monoisotopic (exact) mass is 276 g/mol. The van der Waals surface area contributed by atoms with E-state index in [4.69, 9.17) is 5.11 Å². The predicted octanol–water partition coefficient (Wildman–Crippen LogP) is 1.20. The zero-order valence-electron chi connectivity index (χ0n) is 9.98. The molecule has 0 aliphatic rings. The molecule has 2 unspecified atom stereocenters. The van der Waals surface area contributed by atoms with E-state index >= 15 is 0 Å². The summed E-state index contributed by atoms with van der Waals surface area (Å²) in [5, 5.41) is 11.4. The summed E-state index contributed by atoms with van der Waals surface area (Å²) in [7, 11) is 0. The van der Waals surface area contributed by atoms with Gasteiger partial charge in [-0.05, 0) is 19.2 Å². The van der Waals surface area contributed by atoms with E-state index in [9.17, 15) is 13.6 Å². The maximum absolute atomic E-state index is 13.3. The molecule has 1 aromatic heterocycles. The number of thioether (sulfide) groups is 1. The number of carbonyl (C=O) groups is 1. The molecule has 0 radical (unpaired) electrons. The highest BCUT2D eigenvalue weighted by atomic mass is 32.2. The number of nitrogens with one attached hydrogen (secondary N) is 1. The molecular formula is C11H14F2N2O2S. The van der Waals surface area contributed by atoms with Crippen LogP contribution in [0.2, 0.25) is 0 Å². The molecule has 4 nitrogen and oxygen atoms in total. The number of hydrogen-bond donors (Lipinski definition) is 2. The number of amides is 1. The number of aliphatic hydroxyl groups is 1. The first kappa shape index (κ1) is 14.8. The Bertz CT molecular complexity index is 428. The third-order valence-corrected chi connectivity index (χ3v) is 3.65. The molecule has 1 heterocycles. The summed E-state index contributed by atoms with van der Waals surface area (Å²) < 4.78 is 26.2. The van der Waals surface area contributed by atoms with Crippen LogP contribution in [0.25, 0.3) is 0 Å². The Hall–Kier alpha value is -1.21. The maximum Gasteiger partial charge on any atom is 0.254 e. The first-order chi connectivity index (χ1) is 8.51. The van der Waals surface area contributed by atoms with Crippen molar-refractivity contribution >= 4 is 17.7 Å². The molecule has 0 saturated carbocycles. The van der Waals surface area contributed by atoms with E-state index in [1.807, 2.05) is 0 Å². The van der Waals surface area contributed by atoms with E-state index in [2.05, 4.69) is 10.3 Å². The lowest BCUT2D eigenvalue weighted by Gasteiger charge is -2.21. The second-order valence-corrected chi connectivity index (χ2v) is 4.76. The van der Waals surface area contributed by atoms with E-state index < -0.39 is 23.2 Å². The molecule has 0 bridgehead atoms. The lowest BCUT2D eigenvalue weighted by molar-refractivity contribution is 0.0930. The van der Waals surface area contributed by atoms with Gasteiger partial charge in [0.1, 0.15) is 0 Å². The molecule has 2 atom stereocenters. The topological polar surface area (TPSA) is 62.2 Å². The molecule has 0 fully saturated rings. The summed E-state index contributed by atoms with van der Waals surface area (Å²) in [6.45, 7) is 1.57. The fourth-order valence-electron chi connectivity index (χ4n) is 1.41. The fourth-order valence-corrected chi connectivity index (χ4v) is 2.03. The van der Waals surface area contributed by atoms with Gasteiger partial charge in [-0.2, -0.15) is 16.2 Å². The number of hydrogen-bond acceptors (Lipinski definition) is 4. The minimum absolute atomic E-state index is 0.115. The molecule has 0 spiro atoms.